The molecule has 1 fully saturated rings. The summed E-state index contributed by atoms with van der Waals surface area (Å²) in [6.07, 6.45) is 0. The fourth-order valence-corrected chi connectivity index (χ4v) is 2.94. The number of benzene rings is 1. The van der Waals surface area contributed by atoms with E-state index in [0.717, 1.165) is 6.54 Å². The second-order valence-corrected chi connectivity index (χ2v) is 4.99. The number of fused-ring (bicyclic) bond motifs is 3. The number of rotatable bonds is 0. The molecule has 2 aliphatic heterocycles. The molecule has 1 N–H and O–H groups in total. The number of anilines is 1. The molecule has 2 amide bonds. The molecule has 90 valence electrons. The third-order valence-corrected chi connectivity index (χ3v) is 3.91. The van der Waals surface area contributed by atoms with Gasteiger partial charge in [-0.3, -0.25) is 0 Å². The van der Waals surface area contributed by atoms with Gasteiger partial charge in [0.2, 0.25) is 0 Å². The van der Waals surface area contributed by atoms with E-state index in [9.17, 15) is 4.79 Å². The minimum atomic E-state index is 0.107. The molecular weight excluding hydrogens is 214 g/mol. The zero-order chi connectivity index (χ0) is 12.2. The van der Waals surface area contributed by atoms with Gasteiger partial charge in [-0.1, -0.05) is 12.1 Å². The highest BCUT2D eigenvalue weighted by Gasteiger charge is 2.45. The summed E-state index contributed by atoms with van der Waals surface area (Å²) in [5.41, 5.74) is 3.64. The lowest BCUT2D eigenvalue weighted by molar-refractivity contribution is 0.200. The number of hydrogen-bond donors (Lipinski definition) is 1. The van der Waals surface area contributed by atoms with Gasteiger partial charge in [0, 0.05) is 26.3 Å². The first kappa shape index (κ1) is 10.4. The smallest absolute Gasteiger partial charge is 0.320 e. The number of carbonyl (C=O) groups excluding carboxylic acids is 1. The van der Waals surface area contributed by atoms with E-state index in [2.05, 4.69) is 30.4 Å². The van der Waals surface area contributed by atoms with Crippen LogP contribution < -0.4 is 5.32 Å². The van der Waals surface area contributed by atoms with E-state index >= 15 is 0 Å². The van der Waals surface area contributed by atoms with Gasteiger partial charge in [0.15, 0.2) is 0 Å². The summed E-state index contributed by atoms with van der Waals surface area (Å²) in [7, 11) is 3.77. The molecule has 1 aromatic carbocycles. The number of aryl methyl sites for hydroxylation is 1. The molecule has 0 aliphatic carbocycles. The molecule has 1 aromatic rings. The summed E-state index contributed by atoms with van der Waals surface area (Å²) in [6.45, 7) is 2.91. The van der Waals surface area contributed by atoms with Gasteiger partial charge in [0.1, 0.15) is 0 Å². The first-order chi connectivity index (χ1) is 8.09. The lowest BCUT2D eigenvalue weighted by Gasteiger charge is -2.33. The van der Waals surface area contributed by atoms with Gasteiger partial charge in [-0.15, -0.1) is 0 Å². The molecule has 0 aromatic heterocycles. The zero-order valence-corrected chi connectivity index (χ0v) is 10.4. The zero-order valence-electron chi connectivity index (χ0n) is 10.4. The Morgan fingerprint density at radius 2 is 2.06 bits per heavy atom. The van der Waals surface area contributed by atoms with Gasteiger partial charge in [-0.2, -0.15) is 0 Å². The van der Waals surface area contributed by atoms with Crippen molar-refractivity contribution in [3.05, 3.63) is 29.3 Å². The van der Waals surface area contributed by atoms with Gasteiger partial charge in [-0.25, -0.2) is 4.79 Å². The van der Waals surface area contributed by atoms with Crippen LogP contribution in [0.5, 0.6) is 0 Å². The Labute approximate surface area is 101 Å². The van der Waals surface area contributed by atoms with Crippen LogP contribution in [-0.4, -0.2) is 42.5 Å². The van der Waals surface area contributed by atoms with Crippen LogP contribution >= 0.6 is 0 Å². The Morgan fingerprint density at radius 3 is 2.82 bits per heavy atom. The quantitative estimate of drug-likeness (QED) is 0.739. The van der Waals surface area contributed by atoms with Crippen molar-refractivity contribution in [2.45, 2.75) is 19.0 Å². The van der Waals surface area contributed by atoms with E-state index in [1.807, 2.05) is 23.9 Å². The van der Waals surface area contributed by atoms with Gasteiger partial charge in [0.05, 0.1) is 12.1 Å². The summed E-state index contributed by atoms with van der Waals surface area (Å²) in [4.78, 5) is 15.7. The maximum absolute atomic E-state index is 12.0. The van der Waals surface area contributed by atoms with E-state index in [-0.39, 0.29) is 18.1 Å². The van der Waals surface area contributed by atoms with Gasteiger partial charge in [0.25, 0.3) is 0 Å². The second-order valence-electron chi connectivity index (χ2n) is 4.99. The highest BCUT2D eigenvalue weighted by molar-refractivity contribution is 5.79. The minimum Gasteiger partial charge on any atom is -0.383 e. The molecule has 4 heteroatoms. The number of amides is 2. The number of nitrogens with one attached hydrogen (secondary N) is 1. The van der Waals surface area contributed by atoms with Crippen molar-refractivity contribution in [1.82, 2.24) is 9.80 Å². The first-order valence-corrected chi connectivity index (χ1v) is 5.93. The van der Waals surface area contributed by atoms with Crippen LogP contribution in [0.3, 0.4) is 0 Å². The van der Waals surface area contributed by atoms with Gasteiger partial charge >= 0.3 is 6.03 Å². The molecule has 1 saturated heterocycles. The Bertz CT molecular complexity index is 486. The summed E-state index contributed by atoms with van der Waals surface area (Å²) in [5.74, 6) is 0. The minimum absolute atomic E-state index is 0.107. The van der Waals surface area contributed by atoms with Crippen molar-refractivity contribution in [3.8, 4) is 0 Å². The molecule has 0 saturated carbocycles. The molecule has 0 radical (unpaired) electrons. The van der Waals surface area contributed by atoms with E-state index in [1.165, 1.54) is 16.8 Å². The maximum atomic E-state index is 12.0. The molecule has 17 heavy (non-hydrogen) atoms. The topological polar surface area (TPSA) is 35.6 Å². The van der Waals surface area contributed by atoms with Crippen molar-refractivity contribution in [1.29, 1.82) is 0 Å². The average molecular weight is 231 g/mol. The van der Waals surface area contributed by atoms with Crippen LogP contribution in [0.25, 0.3) is 0 Å². The molecule has 2 aliphatic rings. The van der Waals surface area contributed by atoms with Gasteiger partial charge < -0.3 is 15.1 Å². The van der Waals surface area contributed by atoms with E-state index in [4.69, 9.17) is 0 Å². The van der Waals surface area contributed by atoms with Crippen molar-refractivity contribution >= 4 is 11.7 Å². The molecule has 2 atom stereocenters. The average Bonchev–Trinajstić information content (AvgIpc) is 2.54. The normalized spacial score (nSPS) is 26.6. The van der Waals surface area contributed by atoms with Crippen LogP contribution in [0.1, 0.15) is 17.2 Å². The summed E-state index contributed by atoms with van der Waals surface area (Å²) in [5, 5.41) is 3.43. The van der Waals surface area contributed by atoms with Crippen LogP contribution in [0.4, 0.5) is 10.5 Å². The molecule has 2 unspecified atom stereocenters. The number of hydrogen-bond acceptors (Lipinski definition) is 2. The predicted octanol–water partition coefficient (Wildman–Crippen LogP) is 1.83. The van der Waals surface area contributed by atoms with Crippen LogP contribution in [0, 0.1) is 6.92 Å². The largest absolute Gasteiger partial charge is 0.383 e. The van der Waals surface area contributed by atoms with Crippen molar-refractivity contribution in [3.63, 3.8) is 0 Å². The Morgan fingerprint density at radius 1 is 1.29 bits per heavy atom. The van der Waals surface area contributed by atoms with E-state index in [0.29, 0.717) is 0 Å². The van der Waals surface area contributed by atoms with Crippen LogP contribution in [0.15, 0.2) is 18.2 Å². The fourth-order valence-electron chi connectivity index (χ4n) is 2.94. The third kappa shape index (κ3) is 1.33. The number of urea groups is 1. The van der Waals surface area contributed by atoms with Gasteiger partial charge in [-0.05, 0) is 24.1 Å². The Hall–Kier alpha value is -1.71. The number of likely N-dealkylation sites (N-methyl/N-ethyl adjacent to an activating group) is 2. The second kappa shape index (κ2) is 3.39. The fraction of sp³-hybridized carbons (Fsp3) is 0.462. The lowest BCUT2D eigenvalue weighted by atomic mass is 9.93. The van der Waals surface area contributed by atoms with Crippen molar-refractivity contribution < 1.29 is 4.79 Å². The highest BCUT2D eigenvalue weighted by atomic mass is 16.2. The number of nitrogens with zero attached hydrogens (tertiary/aromatic N) is 2. The Kier molecular flexibility index (Phi) is 2.08. The van der Waals surface area contributed by atoms with E-state index < -0.39 is 0 Å². The SMILES string of the molecule is Cc1ccc2c(c1)NCC1C2N(C)C(=O)N1C. The van der Waals surface area contributed by atoms with Crippen molar-refractivity contribution in [2.24, 2.45) is 0 Å². The first-order valence-electron chi connectivity index (χ1n) is 5.93. The Balaban J connectivity index is 2.09. The standard InChI is InChI=1S/C13H17N3O/c1-8-4-5-9-10(6-8)14-7-11-12(9)16(3)13(17)15(11)2/h4-6,11-12,14H,7H2,1-3H3. The number of carbonyl (C=O) groups is 1. The molecule has 4 nitrogen and oxygen atoms in total. The molecular formula is C13H17N3O. The summed E-state index contributed by atoms with van der Waals surface area (Å²) < 4.78 is 0. The molecule has 3 rings (SSSR count). The summed E-state index contributed by atoms with van der Waals surface area (Å²) >= 11 is 0. The molecule has 0 spiro atoms. The molecule has 0 bridgehead atoms. The monoisotopic (exact) mass is 231 g/mol. The lowest BCUT2D eigenvalue weighted by Crippen LogP contribution is -2.39. The predicted molar refractivity (Wildman–Crippen MR) is 67.1 cm³/mol. The highest BCUT2D eigenvalue weighted by Crippen LogP contribution is 2.40. The maximum Gasteiger partial charge on any atom is 0.320 e. The van der Waals surface area contributed by atoms with E-state index in [1.54, 1.807) is 0 Å². The molecule has 2 heterocycles. The third-order valence-electron chi connectivity index (χ3n) is 3.91. The summed E-state index contributed by atoms with van der Waals surface area (Å²) in [6, 6.07) is 6.93. The van der Waals surface area contributed by atoms with Crippen LogP contribution in [0.2, 0.25) is 0 Å². The van der Waals surface area contributed by atoms with Crippen molar-refractivity contribution in [2.75, 3.05) is 26.0 Å². The van der Waals surface area contributed by atoms with Crippen LogP contribution in [-0.2, 0) is 0 Å².